The van der Waals surface area contributed by atoms with Gasteiger partial charge in [-0.3, -0.25) is 4.79 Å². The first-order chi connectivity index (χ1) is 18.9. The van der Waals surface area contributed by atoms with Gasteiger partial charge in [-0.15, -0.1) is 0 Å². The predicted octanol–water partition coefficient (Wildman–Crippen LogP) is 6.63. The number of nitrogen functional groups attached to an aromatic ring is 2. The molecule has 1 fully saturated rings. The Labute approximate surface area is 227 Å². The van der Waals surface area contributed by atoms with Crippen LogP contribution in [0.2, 0.25) is 0 Å². The van der Waals surface area contributed by atoms with E-state index in [4.69, 9.17) is 20.9 Å². The van der Waals surface area contributed by atoms with Crippen LogP contribution in [0.25, 0.3) is 0 Å². The molecule has 0 amide bonds. The maximum absolute atomic E-state index is 12.9. The second-order valence-corrected chi connectivity index (χ2v) is 9.87. The Kier molecular flexibility index (Phi) is 7.23. The zero-order valence-corrected chi connectivity index (χ0v) is 21.4. The molecule has 5 rings (SSSR count). The maximum Gasteiger partial charge on any atom is 0.343 e. The van der Waals surface area contributed by atoms with Crippen LogP contribution in [0.5, 0.6) is 23.0 Å². The van der Waals surface area contributed by atoms with E-state index in [-0.39, 0.29) is 16.9 Å². The summed E-state index contributed by atoms with van der Waals surface area (Å²) in [6, 6.07) is 24.3. The van der Waals surface area contributed by atoms with E-state index < -0.39 is 5.97 Å². The molecule has 39 heavy (non-hydrogen) atoms. The van der Waals surface area contributed by atoms with E-state index in [1.54, 1.807) is 60.7 Å². The van der Waals surface area contributed by atoms with E-state index in [1.807, 2.05) is 24.3 Å². The predicted molar refractivity (Wildman–Crippen MR) is 151 cm³/mol. The molecule has 0 heterocycles. The third-order valence-corrected chi connectivity index (χ3v) is 7.39. The van der Waals surface area contributed by atoms with Crippen molar-refractivity contribution in [2.75, 3.05) is 11.5 Å². The highest BCUT2D eigenvalue weighted by Gasteiger charge is 2.36. The number of aldehydes is 1. The molecular weight excluding hydrogens is 492 g/mol. The van der Waals surface area contributed by atoms with Crippen LogP contribution in [-0.2, 0) is 5.41 Å². The van der Waals surface area contributed by atoms with Crippen LogP contribution in [0.3, 0.4) is 0 Å². The van der Waals surface area contributed by atoms with Gasteiger partial charge in [0, 0.05) is 11.0 Å². The Morgan fingerprint density at radius 1 is 0.769 bits per heavy atom. The zero-order valence-electron chi connectivity index (χ0n) is 21.4. The van der Waals surface area contributed by atoms with E-state index >= 15 is 0 Å². The summed E-state index contributed by atoms with van der Waals surface area (Å²) in [6.45, 7) is 0. The third-order valence-electron chi connectivity index (χ3n) is 7.39. The number of anilines is 2. The van der Waals surface area contributed by atoms with E-state index in [2.05, 4.69) is 0 Å². The molecule has 0 saturated heterocycles. The number of ether oxygens (including phenoxy) is 2. The van der Waals surface area contributed by atoms with Gasteiger partial charge in [-0.1, -0.05) is 31.4 Å². The Morgan fingerprint density at radius 2 is 1.36 bits per heavy atom. The molecule has 1 saturated carbocycles. The van der Waals surface area contributed by atoms with Crippen molar-refractivity contribution in [1.82, 2.24) is 0 Å². The fourth-order valence-corrected chi connectivity index (χ4v) is 5.26. The molecule has 1 aliphatic rings. The van der Waals surface area contributed by atoms with Gasteiger partial charge >= 0.3 is 5.97 Å². The fourth-order valence-electron chi connectivity index (χ4n) is 5.26. The average Bonchev–Trinajstić information content (AvgIpc) is 2.96. The molecule has 1 aliphatic carbocycles. The van der Waals surface area contributed by atoms with Crippen LogP contribution >= 0.6 is 0 Å². The van der Waals surface area contributed by atoms with Crippen molar-refractivity contribution in [3.63, 3.8) is 0 Å². The second kappa shape index (κ2) is 10.9. The normalized spacial score (nSPS) is 14.4. The lowest BCUT2D eigenvalue weighted by molar-refractivity contribution is 0.0735. The minimum atomic E-state index is -0.532. The highest BCUT2D eigenvalue weighted by atomic mass is 16.5. The molecule has 0 atom stereocenters. The van der Waals surface area contributed by atoms with Crippen molar-refractivity contribution in [1.29, 1.82) is 0 Å². The number of carbonyl (C=O) groups excluding carboxylic acids is 2. The van der Waals surface area contributed by atoms with Crippen molar-refractivity contribution >= 4 is 23.6 Å². The van der Waals surface area contributed by atoms with E-state index in [0.29, 0.717) is 34.0 Å². The van der Waals surface area contributed by atoms with Crippen LogP contribution in [-0.4, -0.2) is 17.4 Å². The minimum Gasteiger partial charge on any atom is -0.506 e. The van der Waals surface area contributed by atoms with Crippen LogP contribution in [0.15, 0.2) is 84.9 Å². The largest absolute Gasteiger partial charge is 0.506 e. The first kappa shape index (κ1) is 25.9. The number of aromatic hydroxyl groups is 1. The number of hydrogen-bond acceptors (Lipinski definition) is 7. The molecule has 0 radical (unpaired) electrons. The lowest BCUT2D eigenvalue weighted by atomic mass is 9.65. The molecule has 198 valence electrons. The van der Waals surface area contributed by atoms with Gasteiger partial charge in [0.1, 0.15) is 23.5 Å². The summed E-state index contributed by atoms with van der Waals surface area (Å²) < 4.78 is 11.4. The average molecular weight is 523 g/mol. The van der Waals surface area contributed by atoms with Gasteiger partial charge in [-0.2, -0.15) is 0 Å². The molecule has 0 bridgehead atoms. The molecule has 0 unspecified atom stereocenters. The van der Waals surface area contributed by atoms with E-state index in [0.717, 1.165) is 49.5 Å². The van der Waals surface area contributed by atoms with Gasteiger partial charge in [0.15, 0.2) is 5.75 Å². The summed E-state index contributed by atoms with van der Waals surface area (Å²) in [6.07, 6.45) is 5.94. The van der Waals surface area contributed by atoms with Gasteiger partial charge in [0.25, 0.3) is 0 Å². The number of rotatable bonds is 7. The maximum atomic E-state index is 12.9. The van der Waals surface area contributed by atoms with E-state index in [9.17, 15) is 14.7 Å². The number of phenols is 1. The zero-order chi connectivity index (χ0) is 27.4. The minimum absolute atomic E-state index is 0.0688. The third kappa shape index (κ3) is 5.43. The van der Waals surface area contributed by atoms with Crippen molar-refractivity contribution < 1.29 is 24.2 Å². The van der Waals surface area contributed by atoms with Gasteiger partial charge in [0.05, 0.1) is 16.9 Å². The van der Waals surface area contributed by atoms with Crippen LogP contribution in [0, 0.1) is 0 Å². The quantitative estimate of drug-likeness (QED) is 0.0818. The van der Waals surface area contributed by atoms with Crippen LogP contribution in [0.1, 0.15) is 63.9 Å². The molecule has 4 aromatic rings. The van der Waals surface area contributed by atoms with Gasteiger partial charge in [0.2, 0.25) is 0 Å². The number of hydrogen-bond donors (Lipinski definition) is 3. The smallest absolute Gasteiger partial charge is 0.343 e. The molecule has 4 aromatic carbocycles. The number of nitrogens with two attached hydrogens (primary N) is 2. The molecule has 7 heteroatoms. The van der Waals surface area contributed by atoms with E-state index in [1.165, 1.54) is 0 Å². The summed E-state index contributed by atoms with van der Waals surface area (Å²) in [5, 5.41) is 9.94. The molecule has 0 spiro atoms. The lowest BCUT2D eigenvalue weighted by Crippen LogP contribution is -2.30. The summed E-state index contributed by atoms with van der Waals surface area (Å²) in [4.78, 5) is 23.7. The number of phenolic OH excluding ortho intramolecular Hbond substituents is 1. The van der Waals surface area contributed by atoms with Gasteiger partial charge in [-0.05, 0) is 96.8 Å². The summed E-state index contributed by atoms with van der Waals surface area (Å²) in [7, 11) is 0. The number of carbonyl (C=O) groups is 2. The Morgan fingerprint density at radius 3 is 1.95 bits per heavy atom. The SMILES string of the molecule is Nc1cc(C2(c3ccc(OC(=O)c4ccc(Oc5ccc(C=O)cc5)cc4)c(N)c3)CCCCC2)ccc1O. The first-order valence-corrected chi connectivity index (χ1v) is 12.9. The molecular formula is C32H30N2O5. The van der Waals surface area contributed by atoms with Gasteiger partial charge < -0.3 is 26.0 Å². The Bertz CT molecular complexity index is 1490. The van der Waals surface area contributed by atoms with Crippen molar-refractivity contribution in [3.8, 4) is 23.0 Å². The van der Waals surface area contributed by atoms with Crippen molar-refractivity contribution in [3.05, 3.63) is 107 Å². The van der Waals surface area contributed by atoms with Crippen molar-refractivity contribution in [2.45, 2.75) is 37.5 Å². The van der Waals surface area contributed by atoms with Crippen LogP contribution < -0.4 is 20.9 Å². The van der Waals surface area contributed by atoms with Crippen molar-refractivity contribution in [2.24, 2.45) is 0 Å². The highest BCUT2D eigenvalue weighted by molar-refractivity contribution is 5.92. The molecule has 0 aliphatic heterocycles. The molecule has 7 nitrogen and oxygen atoms in total. The lowest BCUT2D eigenvalue weighted by Gasteiger charge is -2.39. The Hall–Kier alpha value is -4.78. The first-order valence-electron chi connectivity index (χ1n) is 12.9. The summed E-state index contributed by atoms with van der Waals surface area (Å²) in [5.74, 6) is 0.946. The standard InChI is InChI=1S/C32H30N2O5/c33-27-18-23(8-14-29(27)36)32(16-2-1-3-17-32)24-9-15-30(28(34)19-24)39-31(37)22-6-12-26(13-7-22)38-25-10-4-21(20-35)5-11-25/h4-15,18-20,36H,1-3,16-17,33-34H2. The van der Waals surface area contributed by atoms with Gasteiger partial charge in [-0.25, -0.2) is 4.79 Å². The second-order valence-electron chi connectivity index (χ2n) is 9.87. The summed E-state index contributed by atoms with van der Waals surface area (Å²) in [5.41, 5.74) is 15.9. The molecule has 5 N–H and O–H groups in total. The number of benzene rings is 4. The summed E-state index contributed by atoms with van der Waals surface area (Å²) >= 11 is 0. The number of esters is 1. The topological polar surface area (TPSA) is 125 Å². The monoisotopic (exact) mass is 522 g/mol. The highest BCUT2D eigenvalue weighted by Crippen LogP contribution is 2.47. The molecule has 0 aromatic heterocycles. The Balaban J connectivity index is 1.32. The van der Waals surface area contributed by atoms with Crippen LogP contribution in [0.4, 0.5) is 11.4 Å². The fraction of sp³-hybridized carbons (Fsp3) is 0.188.